The monoisotopic (exact) mass is 326 g/mol. The summed E-state index contributed by atoms with van der Waals surface area (Å²) in [6.45, 7) is 4.28. The molecule has 108 valence electrons. The zero-order valence-electron chi connectivity index (χ0n) is 10.6. The minimum Gasteiger partial charge on any atom is -0.258 e. The lowest BCUT2D eigenvalue weighted by atomic mass is 10.0. The molecule has 1 rings (SSSR count). The van der Waals surface area contributed by atoms with Gasteiger partial charge in [0.2, 0.25) is 10.0 Å². The molecule has 9 heteroatoms. The number of hydrogen-bond donors (Lipinski definition) is 1. The molecule has 0 atom stereocenters. The van der Waals surface area contributed by atoms with Gasteiger partial charge >= 0.3 is 0 Å². The minimum atomic E-state index is -3.73. The zero-order chi connectivity index (χ0) is 14.6. The van der Waals surface area contributed by atoms with Gasteiger partial charge in [0.15, 0.2) is 4.34 Å². The fourth-order valence-electron chi connectivity index (χ4n) is 1.47. The van der Waals surface area contributed by atoms with E-state index in [1.807, 2.05) is 13.8 Å². The lowest BCUT2D eigenvalue weighted by Crippen LogP contribution is -2.28. The molecule has 0 saturated heterocycles. The molecule has 0 unspecified atom stereocenters. The predicted molar refractivity (Wildman–Crippen MR) is 75.2 cm³/mol. The van der Waals surface area contributed by atoms with Gasteiger partial charge in [0, 0.05) is 12.6 Å². The molecule has 0 amide bonds. The standard InChI is InChI=1S/C10H15ClN2O4S2/c1-3-7(4-2)6-12-19(16,17)9-5-8(13(14)15)10(11)18-9/h5,7,12H,3-4,6H2,1-2H3. The van der Waals surface area contributed by atoms with E-state index in [1.54, 1.807) is 0 Å². The third-order valence-corrected chi connectivity index (χ3v) is 6.06. The van der Waals surface area contributed by atoms with Crippen molar-refractivity contribution < 1.29 is 13.3 Å². The Morgan fingerprint density at radius 3 is 2.47 bits per heavy atom. The molecule has 0 saturated carbocycles. The first-order valence-corrected chi connectivity index (χ1v) is 8.43. The lowest BCUT2D eigenvalue weighted by molar-refractivity contribution is -0.384. The normalized spacial score (nSPS) is 12.0. The van der Waals surface area contributed by atoms with Gasteiger partial charge in [-0.3, -0.25) is 10.1 Å². The summed E-state index contributed by atoms with van der Waals surface area (Å²) in [7, 11) is -3.73. The molecule has 6 nitrogen and oxygen atoms in total. The minimum absolute atomic E-state index is 0.129. The summed E-state index contributed by atoms with van der Waals surface area (Å²) in [6.07, 6.45) is 1.73. The molecule has 0 spiro atoms. The number of halogens is 1. The van der Waals surface area contributed by atoms with Gasteiger partial charge in [-0.05, 0) is 5.92 Å². The van der Waals surface area contributed by atoms with E-state index in [1.165, 1.54) is 0 Å². The predicted octanol–water partition coefficient (Wildman–Crippen LogP) is 3.02. The Labute approximate surface area is 121 Å². The Morgan fingerprint density at radius 1 is 1.47 bits per heavy atom. The van der Waals surface area contributed by atoms with E-state index in [4.69, 9.17) is 11.6 Å². The van der Waals surface area contributed by atoms with Crippen LogP contribution in [0.4, 0.5) is 5.69 Å². The van der Waals surface area contributed by atoms with Crippen molar-refractivity contribution in [2.75, 3.05) is 6.54 Å². The molecule has 0 aliphatic carbocycles. The van der Waals surface area contributed by atoms with E-state index in [0.717, 1.165) is 18.9 Å². The molecule has 0 aromatic carbocycles. The molecule has 0 aliphatic heterocycles. The SMILES string of the molecule is CCC(CC)CNS(=O)(=O)c1cc([N+](=O)[O-])c(Cl)s1. The van der Waals surface area contributed by atoms with Crippen LogP contribution in [-0.4, -0.2) is 19.9 Å². The largest absolute Gasteiger partial charge is 0.300 e. The van der Waals surface area contributed by atoms with Crippen LogP contribution in [0.15, 0.2) is 10.3 Å². The lowest BCUT2D eigenvalue weighted by Gasteiger charge is -2.12. The highest BCUT2D eigenvalue weighted by atomic mass is 35.5. The Bertz CT molecular complexity index is 552. The van der Waals surface area contributed by atoms with Crippen LogP contribution in [0, 0.1) is 16.0 Å². The summed E-state index contributed by atoms with van der Waals surface area (Å²) in [5.74, 6) is 0.250. The van der Waals surface area contributed by atoms with Crippen molar-refractivity contribution in [1.29, 1.82) is 0 Å². The van der Waals surface area contributed by atoms with Crippen molar-refractivity contribution >= 4 is 38.6 Å². The summed E-state index contributed by atoms with van der Waals surface area (Å²) >= 11 is 6.34. The molecule has 1 aromatic heterocycles. The van der Waals surface area contributed by atoms with Crippen LogP contribution in [0.25, 0.3) is 0 Å². The van der Waals surface area contributed by atoms with E-state index in [-0.39, 0.29) is 20.2 Å². The second-order valence-corrected chi connectivity index (χ2v) is 7.66. The molecular formula is C10H15ClN2O4S2. The van der Waals surface area contributed by atoms with E-state index < -0.39 is 14.9 Å². The van der Waals surface area contributed by atoms with Crippen molar-refractivity contribution in [3.63, 3.8) is 0 Å². The van der Waals surface area contributed by atoms with Crippen LogP contribution in [-0.2, 0) is 10.0 Å². The molecule has 0 aliphatic rings. The number of rotatable bonds is 7. The van der Waals surface area contributed by atoms with Gasteiger partial charge in [0.25, 0.3) is 5.69 Å². The van der Waals surface area contributed by atoms with Crippen LogP contribution in [0.2, 0.25) is 4.34 Å². The van der Waals surface area contributed by atoms with Gasteiger partial charge in [0.05, 0.1) is 4.92 Å². The topological polar surface area (TPSA) is 89.3 Å². The van der Waals surface area contributed by atoms with Crippen molar-refractivity contribution in [2.24, 2.45) is 5.92 Å². The molecular weight excluding hydrogens is 312 g/mol. The second kappa shape index (κ2) is 6.65. The van der Waals surface area contributed by atoms with E-state index in [2.05, 4.69) is 4.72 Å². The maximum Gasteiger partial charge on any atom is 0.300 e. The zero-order valence-corrected chi connectivity index (χ0v) is 12.9. The van der Waals surface area contributed by atoms with Gasteiger partial charge in [-0.1, -0.05) is 38.3 Å². The van der Waals surface area contributed by atoms with Crippen LogP contribution >= 0.6 is 22.9 Å². The first-order chi connectivity index (χ1) is 8.81. The summed E-state index contributed by atoms with van der Waals surface area (Å²) < 4.78 is 26.1. The molecule has 1 heterocycles. The highest BCUT2D eigenvalue weighted by molar-refractivity contribution is 7.91. The molecule has 0 radical (unpaired) electrons. The maximum atomic E-state index is 12.0. The van der Waals surface area contributed by atoms with Gasteiger partial charge in [-0.25, -0.2) is 13.1 Å². The summed E-state index contributed by atoms with van der Waals surface area (Å²) in [5, 5.41) is 10.6. The average molecular weight is 327 g/mol. The molecule has 19 heavy (non-hydrogen) atoms. The number of nitrogens with one attached hydrogen (secondary N) is 1. The van der Waals surface area contributed by atoms with Crippen LogP contribution < -0.4 is 4.72 Å². The van der Waals surface area contributed by atoms with Crippen LogP contribution in [0.3, 0.4) is 0 Å². The average Bonchev–Trinajstić information content (AvgIpc) is 2.73. The van der Waals surface area contributed by atoms with Crippen molar-refractivity contribution in [2.45, 2.75) is 30.9 Å². The van der Waals surface area contributed by atoms with Crippen LogP contribution in [0.5, 0.6) is 0 Å². The second-order valence-electron chi connectivity index (χ2n) is 4.02. The third kappa shape index (κ3) is 4.13. The Balaban J connectivity index is 2.89. The molecule has 1 N–H and O–H groups in total. The van der Waals surface area contributed by atoms with Gasteiger partial charge in [-0.15, -0.1) is 11.3 Å². The number of nitrogens with zero attached hydrogens (tertiary/aromatic N) is 1. The summed E-state index contributed by atoms with van der Waals surface area (Å²) in [5.41, 5.74) is -0.380. The van der Waals surface area contributed by atoms with E-state index >= 15 is 0 Å². The maximum absolute atomic E-state index is 12.0. The molecule has 0 bridgehead atoms. The first-order valence-electron chi connectivity index (χ1n) is 5.75. The van der Waals surface area contributed by atoms with Gasteiger partial charge in [-0.2, -0.15) is 0 Å². The number of thiophene rings is 1. The Hall–Kier alpha value is -0.700. The quantitative estimate of drug-likeness (QED) is 0.616. The highest BCUT2D eigenvalue weighted by Gasteiger charge is 2.25. The molecule has 1 aromatic rings. The van der Waals surface area contributed by atoms with Crippen LogP contribution in [0.1, 0.15) is 26.7 Å². The number of hydrogen-bond acceptors (Lipinski definition) is 5. The molecule has 0 fully saturated rings. The van der Waals surface area contributed by atoms with Crippen molar-refractivity contribution in [1.82, 2.24) is 4.72 Å². The highest BCUT2D eigenvalue weighted by Crippen LogP contribution is 2.36. The third-order valence-electron chi connectivity index (χ3n) is 2.82. The Kier molecular flexibility index (Phi) is 5.72. The van der Waals surface area contributed by atoms with Gasteiger partial charge < -0.3 is 0 Å². The van der Waals surface area contributed by atoms with Crippen molar-refractivity contribution in [3.8, 4) is 0 Å². The fourth-order valence-corrected chi connectivity index (χ4v) is 4.30. The fraction of sp³-hybridized carbons (Fsp3) is 0.600. The van der Waals surface area contributed by atoms with E-state index in [9.17, 15) is 18.5 Å². The van der Waals surface area contributed by atoms with Gasteiger partial charge in [0.1, 0.15) is 4.21 Å². The summed E-state index contributed by atoms with van der Waals surface area (Å²) in [6, 6.07) is 0.988. The number of sulfonamides is 1. The first kappa shape index (κ1) is 16.4. The van der Waals surface area contributed by atoms with Crippen molar-refractivity contribution in [3.05, 3.63) is 20.5 Å². The summed E-state index contributed by atoms with van der Waals surface area (Å²) in [4.78, 5) is 9.94. The smallest absolute Gasteiger partial charge is 0.258 e. The van der Waals surface area contributed by atoms with E-state index in [0.29, 0.717) is 17.9 Å². The number of nitro groups is 1. The Morgan fingerprint density at radius 2 is 2.05 bits per heavy atom.